The maximum Gasteiger partial charge on any atom is 0.129 e. The van der Waals surface area contributed by atoms with Gasteiger partial charge in [-0.3, -0.25) is 4.99 Å². The minimum absolute atomic E-state index is 0.0337. The van der Waals surface area contributed by atoms with Crippen LogP contribution in [0.4, 0.5) is 0 Å². The van der Waals surface area contributed by atoms with Gasteiger partial charge in [-0.1, -0.05) is 61.5 Å². The summed E-state index contributed by atoms with van der Waals surface area (Å²) < 4.78 is 12.2. The first-order valence-corrected chi connectivity index (χ1v) is 12.0. The van der Waals surface area contributed by atoms with Crippen LogP contribution in [0.2, 0.25) is 0 Å². The molecule has 0 aliphatic carbocycles. The van der Waals surface area contributed by atoms with Crippen molar-refractivity contribution in [2.75, 3.05) is 14.2 Å². The van der Waals surface area contributed by atoms with Crippen molar-refractivity contribution in [3.05, 3.63) is 12.3 Å². The Morgan fingerprint density at radius 3 is 2.16 bits per heavy atom. The largest absolute Gasteiger partial charge is 0.492 e. The predicted octanol–water partition coefficient (Wildman–Crippen LogP) is 5.25. The molecule has 0 spiro atoms. The van der Waals surface area contributed by atoms with Crippen molar-refractivity contribution in [2.45, 2.75) is 105 Å². The summed E-state index contributed by atoms with van der Waals surface area (Å²) in [5.74, 6) is 0.782. The number of hydrogen-bond acceptors (Lipinski definition) is 5. The van der Waals surface area contributed by atoms with E-state index in [1.54, 1.807) is 21.1 Å². The fourth-order valence-electron chi connectivity index (χ4n) is 5.86. The van der Waals surface area contributed by atoms with Crippen molar-refractivity contribution in [3.63, 3.8) is 0 Å². The maximum absolute atomic E-state index is 11.4. The third-order valence-corrected chi connectivity index (χ3v) is 7.92. The Kier molecular flexibility index (Phi) is 10.2. The van der Waals surface area contributed by atoms with Crippen LogP contribution in [0.15, 0.2) is 17.3 Å². The van der Waals surface area contributed by atoms with E-state index < -0.39 is 17.8 Å². The van der Waals surface area contributed by atoms with Gasteiger partial charge in [0.2, 0.25) is 0 Å². The fourth-order valence-corrected chi connectivity index (χ4v) is 5.86. The summed E-state index contributed by atoms with van der Waals surface area (Å²) in [7, 11) is 3.54. The lowest BCUT2D eigenvalue weighted by molar-refractivity contribution is -0.156. The fraction of sp³-hybridized carbons (Fsp3) is 0.885. The van der Waals surface area contributed by atoms with Crippen LogP contribution < -0.4 is 0 Å². The first-order valence-electron chi connectivity index (χ1n) is 12.0. The zero-order chi connectivity index (χ0) is 24.1. The summed E-state index contributed by atoms with van der Waals surface area (Å²) in [6, 6.07) is 0. The van der Waals surface area contributed by atoms with Crippen LogP contribution in [-0.4, -0.2) is 54.0 Å². The summed E-state index contributed by atoms with van der Waals surface area (Å²) in [6.45, 7) is 20.9. The molecule has 2 N–H and O–H groups in total. The summed E-state index contributed by atoms with van der Waals surface area (Å²) in [5, 5.41) is 22.7. The Morgan fingerprint density at radius 1 is 1.13 bits per heavy atom. The van der Waals surface area contributed by atoms with Crippen LogP contribution in [0.5, 0.6) is 0 Å². The number of nitrogens with zero attached hydrogens (tertiary/aromatic N) is 1. The maximum atomic E-state index is 11.4. The first kappa shape index (κ1) is 28.1. The molecular weight excluding hydrogens is 390 g/mol. The van der Waals surface area contributed by atoms with Crippen LogP contribution >= 0.6 is 0 Å². The van der Waals surface area contributed by atoms with Crippen molar-refractivity contribution < 1.29 is 19.7 Å². The predicted molar refractivity (Wildman–Crippen MR) is 129 cm³/mol. The van der Waals surface area contributed by atoms with E-state index in [9.17, 15) is 10.2 Å². The molecular formula is C26H49NO4. The molecule has 0 aromatic carbocycles. The molecule has 0 bridgehead atoms. The van der Waals surface area contributed by atoms with Crippen molar-refractivity contribution in [1.29, 1.82) is 0 Å². The van der Waals surface area contributed by atoms with Crippen LogP contribution in [0.25, 0.3) is 0 Å². The molecule has 0 aromatic heterocycles. The molecule has 2 unspecified atom stereocenters. The van der Waals surface area contributed by atoms with Crippen LogP contribution in [0.3, 0.4) is 0 Å². The topological polar surface area (TPSA) is 71.3 Å². The Bertz CT molecular complexity index is 617. The standard InChI is InChI=1S/C26H49NO4/c1-12-21-26(9,29)24(28)19(6)22(27-10)16(3)14-25(8,13-2)15-17(4)23(30-11)18(5)20(7)31-21/h16-19,21,23-24,28-29H,7,12-15H2,1-6,8-11H3/t16-,17-,18+,19?,21-,23+,24?,25-,26-/m1/s1. The van der Waals surface area contributed by atoms with Gasteiger partial charge >= 0.3 is 0 Å². The Balaban J connectivity index is 3.51. The lowest BCUT2D eigenvalue weighted by atomic mass is 9.69. The molecule has 9 atom stereocenters. The highest BCUT2D eigenvalue weighted by Crippen LogP contribution is 2.41. The van der Waals surface area contributed by atoms with Gasteiger partial charge in [0.05, 0.1) is 18.0 Å². The average molecular weight is 440 g/mol. The molecule has 1 heterocycles. The van der Waals surface area contributed by atoms with Gasteiger partial charge < -0.3 is 19.7 Å². The molecule has 0 aromatic rings. The number of aliphatic imine (C=N–C) groups is 1. The molecule has 1 rings (SSSR count). The van der Waals surface area contributed by atoms with Crippen molar-refractivity contribution in [3.8, 4) is 0 Å². The van der Waals surface area contributed by atoms with E-state index in [-0.39, 0.29) is 29.3 Å². The lowest BCUT2D eigenvalue weighted by Crippen LogP contribution is -2.55. The number of hydrogen-bond donors (Lipinski definition) is 2. The van der Waals surface area contributed by atoms with Crippen LogP contribution in [-0.2, 0) is 9.47 Å². The molecule has 0 amide bonds. The molecule has 5 nitrogen and oxygen atoms in total. The first-order chi connectivity index (χ1) is 14.3. The number of aliphatic hydroxyl groups excluding tert-OH is 1. The van der Waals surface area contributed by atoms with Gasteiger partial charge in [0.1, 0.15) is 11.7 Å². The number of methoxy groups -OCH3 is 1. The van der Waals surface area contributed by atoms with E-state index in [4.69, 9.17) is 9.47 Å². The highest BCUT2D eigenvalue weighted by Gasteiger charge is 2.46. The summed E-state index contributed by atoms with van der Waals surface area (Å²) >= 11 is 0. The molecule has 1 aliphatic heterocycles. The highest BCUT2D eigenvalue weighted by atomic mass is 16.5. The Labute approximate surface area is 191 Å². The lowest BCUT2D eigenvalue weighted by Gasteiger charge is -2.43. The number of ether oxygens (including phenoxy) is 2. The second-order valence-corrected chi connectivity index (χ2v) is 10.5. The Hall–Kier alpha value is -0.910. The molecule has 0 radical (unpaired) electrons. The van der Waals surface area contributed by atoms with Gasteiger partial charge in [0.25, 0.3) is 0 Å². The molecule has 1 aliphatic rings. The van der Waals surface area contributed by atoms with Gasteiger partial charge in [0, 0.05) is 31.7 Å². The van der Waals surface area contributed by atoms with Crippen molar-refractivity contribution in [1.82, 2.24) is 0 Å². The zero-order valence-electron chi connectivity index (χ0n) is 21.7. The average Bonchev–Trinajstić information content (AvgIpc) is 2.70. The third-order valence-electron chi connectivity index (χ3n) is 7.92. The Morgan fingerprint density at radius 2 is 1.71 bits per heavy atom. The van der Waals surface area contributed by atoms with Crippen LogP contribution in [0.1, 0.15) is 81.1 Å². The quantitative estimate of drug-likeness (QED) is 0.630. The molecule has 1 fully saturated rings. The van der Waals surface area contributed by atoms with Gasteiger partial charge in [-0.25, -0.2) is 0 Å². The second kappa shape index (κ2) is 11.3. The molecule has 182 valence electrons. The minimum atomic E-state index is -1.45. The third kappa shape index (κ3) is 6.33. The molecule has 1 saturated heterocycles. The molecule has 5 heteroatoms. The van der Waals surface area contributed by atoms with Gasteiger partial charge in [-0.05, 0) is 43.4 Å². The minimum Gasteiger partial charge on any atom is -0.492 e. The van der Waals surface area contributed by atoms with E-state index in [1.165, 1.54) is 0 Å². The van der Waals surface area contributed by atoms with Gasteiger partial charge in [-0.15, -0.1) is 0 Å². The van der Waals surface area contributed by atoms with Crippen LogP contribution in [0, 0.1) is 29.1 Å². The monoisotopic (exact) mass is 439 g/mol. The number of aliphatic hydroxyl groups is 2. The van der Waals surface area contributed by atoms with E-state index >= 15 is 0 Å². The summed E-state index contributed by atoms with van der Waals surface area (Å²) in [5.41, 5.74) is -0.391. The summed E-state index contributed by atoms with van der Waals surface area (Å²) in [6.07, 6.45) is 1.97. The van der Waals surface area contributed by atoms with E-state index in [1.807, 2.05) is 13.8 Å². The zero-order valence-corrected chi connectivity index (χ0v) is 21.7. The molecule has 31 heavy (non-hydrogen) atoms. The van der Waals surface area contributed by atoms with Gasteiger partial charge in [-0.2, -0.15) is 0 Å². The molecule has 0 saturated carbocycles. The normalized spacial score (nSPS) is 45.2. The highest BCUT2D eigenvalue weighted by molar-refractivity contribution is 5.89. The van der Waals surface area contributed by atoms with Crippen molar-refractivity contribution in [2.24, 2.45) is 34.1 Å². The summed E-state index contributed by atoms with van der Waals surface area (Å²) in [4.78, 5) is 4.59. The van der Waals surface area contributed by atoms with Crippen molar-refractivity contribution >= 4 is 5.71 Å². The van der Waals surface area contributed by atoms with E-state index in [0.29, 0.717) is 18.1 Å². The van der Waals surface area contributed by atoms with Gasteiger partial charge in [0.15, 0.2) is 0 Å². The SMILES string of the molecule is C=C1O[C@H](CC)[C@@](C)(O)C(O)C(C)C(=NC)[C@H](C)C[C@@](C)(CC)C[C@@H](C)[C@H](OC)[C@H]1C. The van der Waals surface area contributed by atoms with E-state index in [0.717, 1.165) is 25.0 Å². The number of rotatable bonds is 3. The smallest absolute Gasteiger partial charge is 0.129 e. The van der Waals surface area contributed by atoms with E-state index in [2.05, 4.69) is 46.2 Å². The second-order valence-electron chi connectivity index (χ2n) is 10.5.